The van der Waals surface area contributed by atoms with Gasteiger partial charge < -0.3 is 5.11 Å². The zero-order chi connectivity index (χ0) is 12.2. The lowest BCUT2D eigenvalue weighted by molar-refractivity contribution is 0.160. The van der Waals surface area contributed by atoms with Crippen LogP contribution in [0.2, 0.25) is 0 Å². The van der Waals surface area contributed by atoms with Gasteiger partial charge in [0.2, 0.25) is 0 Å². The van der Waals surface area contributed by atoms with E-state index in [0.29, 0.717) is 0 Å². The minimum Gasteiger partial charge on any atom is -0.393 e. The van der Waals surface area contributed by atoms with Gasteiger partial charge in [-0.2, -0.15) is 0 Å². The molecule has 0 rings (SSSR count). The Kier molecular flexibility index (Phi) is 11.0. The summed E-state index contributed by atoms with van der Waals surface area (Å²) in [6, 6.07) is 0. The van der Waals surface area contributed by atoms with Crippen molar-refractivity contribution in [2.24, 2.45) is 0 Å². The smallest absolute Gasteiger partial charge is 0.0577 e. The molecule has 0 bridgehead atoms. The number of rotatable bonds is 11. The van der Waals surface area contributed by atoms with Crippen LogP contribution in [-0.4, -0.2) is 11.2 Å². The fourth-order valence-electron chi connectivity index (χ4n) is 1.92. The van der Waals surface area contributed by atoms with Gasteiger partial charge in [0, 0.05) is 0 Å². The van der Waals surface area contributed by atoms with Crippen LogP contribution in [0, 0.1) is 0 Å². The van der Waals surface area contributed by atoms with Crippen molar-refractivity contribution in [3.63, 3.8) is 0 Å². The average molecular weight is 226 g/mol. The van der Waals surface area contributed by atoms with Gasteiger partial charge in [0.15, 0.2) is 0 Å². The van der Waals surface area contributed by atoms with Crippen molar-refractivity contribution in [3.8, 4) is 0 Å². The lowest BCUT2D eigenvalue weighted by Crippen LogP contribution is -2.06. The van der Waals surface area contributed by atoms with Crippen molar-refractivity contribution in [3.05, 3.63) is 12.2 Å². The van der Waals surface area contributed by atoms with Crippen molar-refractivity contribution in [1.29, 1.82) is 0 Å². The summed E-state index contributed by atoms with van der Waals surface area (Å²) in [6.07, 6.45) is 11.8. The lowest BCUT2D eigenvalue weighted by atomic mass is 10.0. The molecule has 1 heteroatoms. The number of unbranched alkanes of at least 4 members (excludes halogenated alkanes) is 6. The van der Waals surface area contributed by atoms with Gasteiger partial charge in [-0.15, -0.1) is 0 Å². The SMILES string of the molecule is C=C(CC)CC(O)CCCCCCCCC. The van der Waals surface area contributed by atoms with E-state index in [1.807, 2.05) is 0 Å². The van der Waals surface area contributed by atoms with Crippen LogP contribution >= 0.6 is 0 Å². The third-order valence-corrected chi connectivity index (χ3v) is 3.17. The maximum absolute atomic E-state index is 9.73. The monoisotopic (exact) mass is 226 g/mol. The highest BCUT2D eigenvalue weighted by atomic mass is 16.3. The molecule has 0 heterocycles. The Hall–Kier alpha value is -0.300. The van der Waals surface area contributed by atoms with Gasteiger partial charge in [-0.3, -0.25) is 0 Å². The number of hydrogen-bond acceptors (Lipinski definition) is 1. The van der Waals surface area contributed by atoms with E-state index in [4.69, 9.17) is 0 Å². The molecule has 0 aromatic carbocycles. The zero-order valence-electron chi connectivity index (χ0n) is 11.3. The molecule has 0 saturated carbocycles. The van der Waals surface area contributed by atoms with Crippen LogP contribution in [0.15, 0.2) is 12.2 Å². The molecule has 1 atom stereocenters. The first-order chi connectivity index (χ1) is 7.70. The molecule has 0 radical (unpaired) electrons. The molecule has 16 heavy (non-hydrogen) atoms. The Balaban J connectivity index is 3.21. The van der Waals surface area contributed by atoms with E-state index < -0.39 is 0 Å². The standard InChI is InChI=1S/C15H30O/c1-4-6-7-8-9-10-11-12-15(16)13-14(3)5-2/h15-16H,3-13H2,1-2H3. The van der Waals surface area contributed by atoms with Gasteiger partial charge in [-0.25, -0.2) is 0 Å². The minimum atomic E-state index is -0.150. The highest BCUT2D eigenvalue weighted by Gasteiger charge is 2.04. The predicted octanol–water partition coefficient (Wildman–Crippen LogP) is 4.84. The van der Waals surface area contributed by atoms with E-state index in [1.165, 1.54) is 50.5 Å². The fraction of sp³-hybridized carbons (Fsp3) is 0.867. The van der Waals surface area contributed by atoms with Gasteiger partial charge in [-0.05, 0) is 19.3 Å². The zero-order valence-corrected chi connectivity index (χ0v) is 11.3. The highest BCUT2D eigenvalue weighted by molar-refractivity contribution is 4.94. The second-order valence-corrected chi connectivity index (χ2v) is 4.87. The summed E-state index contributed by atoms with van der Waals surface area (Å²) in [5, 5.41) is 9.73. The van der Waals surface area contributed by atoms with Crippen molar-refractivity contribution < 1.29 is 5.11 Å². The molecule has 0 aliphatic carbocycles. The molecule has 0 aliphatic rings. The van der Waals surface area contributed by atoms with E-state index in [1.54, 1.807) is 0 Å². The molecule has 0 aliphatic heterocycles. The lowest BCUT2D eigenvalue weighted by Gasteiger charge is -2.11. The van der Waals surface area contributed by atoms with Gasteiger partial charge in [0.05, 0.1) is 6.10 Å². The summed E-state index contributed by atoms with van der Waals surface area (Å²) in [5.74, 6) is 0. The van der Waals surface area contributed by atoms with Gasteiger partial charge in [0.1, 0.15) is 0 Å². The van der Waals surface area contributed by atoms with Crippen LogP contribution in [0.1, 0.15) is 78.1 Å². The maximum atomic E-state index is 9.73. The molecule has 1 N–H and O–H groups in total. The topological polar surface area (TPSA) is 20.2 Å². The van der Waals surface area contributed by atoms with E-state index >= 15 is 0 Å². The van der Waals surface area contributed by atoms with E-state index in [9.17, 15) is 5.11 Å². The van der Waals surface area contributed by atoms with Crippen molar-refractivity contribution in [1.82, 2.24) is 0 Å². The second kappa shape index (κ2) is 11.2. The van der Waals surface area contributed by atoms with Gasteiger partial charge >= 0.3 is 0 Å². The van der Waals surface area contributed by atoms with Gasteiger partial charge in [-0.1, -0.05) is 70.9 Å². The summed E-state index contributed by atoms with van der Waals surface area (Å²) in [6.45, 7) is 8.28. The normalized spacial score (nSPS) is 12.7. The van der Waals surface area contributed by atoms with Crippen molar-refractivity contribution in [2.75, 3.05) is 0 Å². The summed E-state index contributed by atoms with van der Waals surface area (Å²) in [7, 11) is 0. The van der Waals surface area contributed by atoms with Gasteiger partial charge in [0.25, 0.3) is 0 Å². The van der Waals surface area contributed by atoms with Crippen LogP contribution < -0.4 is 0 Å². The van der Waals surface area contributed by atoms with Crippen LogP contribution in [0.25, 0.3) is 0 Å². The number of hydrogen-bond donors (Lipinski definition) is 1. The Morgan fingerprint density at radius 1 is 1.00 bits per heavy atom. The molecule has 0 spiro atoms. The third-order valence-electron chi connectivity index (χ3n) is 3.17. The summed E-state index contributed by atoms with van der Waals surface area (Å²) in [4.78, 5) is 0. The summed E-state index contributed by atoms with van der Waals surface area (Å²) >= 11 is 0. The first kappa shape index (κ1) is 15.7. The maximum Gasteiger partial charge on any atom is 0.0577 e. The number of aliphatic hydroxyl groups excluding tert-OH is 1. The fourth-order valence-corrected chi connectivity index (χ4v) is 1.92. The Morgan fingerprint density at radius 2 is 1.56 bits per heavy atom. The predicted molar refractivity (Wildman–Crippen MR) is 72.7 cm³/mol. The molecule has 1 nitrogen and oxygen atoms in total. The summed E-state index contributed by atoms with van der Waals surface area (Å²) < 4.78 is 0. The molecule has 0 fully saturated rings. The first-order valence-electron chi connectivity index (χ1n) is 7.05. The minimum absolute atomic E-state index is 0.150. The van der Waals surface area contributed by atoms with Crippen molar-refractivity contribution in [2.45, 2.75) is 84.2 Å². The summed E-state index contributed by atoms with van der Waals surface area (Å²) in [5.41, 5.74) is 1.18. The van der Waals surface area contributed by atoms with Crippen LogP contribution in [0.3, 0.4) is 0 Å². The molecule has 0 saturated heterocycles. The van der Waals surface area contributed by atoms with Crippen LogP contribution in [-0.2, 0) is 0 Å². The molecular formula is C15H30O. The van der Waals surface area contributed by atoms with Crippen LogP contribution in [0.5, 0.6) is 0 Å². The Labute approximate surface area is 102 Å². The molecule has 1 unspecified atom stereocenters. The van der Waals surface area contributed by atoms with Crippen LogP contribution in [0.4, 0.5) is 0 Å². The third kappa shape index (κ3) is 10.2. The van der Waals surface area contributed by atoms with E-state index in [0.717, 1.165) is 19.3 Å². The largest absolute Gasteiger partial charge is 0.393 e. The quantitative estimate of drug-likeness (QED) is 0.394. The second-order valence-electron chi connectivity index (χ2n) is 4.87. The number of aliphatic hydroxyl groups is 1. The molecular weight excluding hydrogens is 196 g/mol. The molecule has 0 aromatic rings. The molecule has 0 aromatic heterocycles. The average Bonchev–Trinajstić information content (AvgIpc) is 2.27. The van der Waals surface area contributed by atoms with Crippen molar-refractivity contribution >= 4 is 0 Å². The molecule has 96 valence electrons. The van der Waals surface area contributed by atoms with E-state index in [-0.39, 0.29) is 6.10 Å². The Bertz CT molecular complexity index is 163. The molecule has 0 amide bonds. The highest BCUT2D eigenvalue weighted by Crippen LogP contribution is 2.14. The Morgan fingerprint density at radius 3 is 2.12 bits per heavy atom. The first-order valence-corrected chi connectivity index (χ1v) is 7.05. The van der Waals surface area contributed by atoms with E-state index in [2.05, 4.69) is 20.4 Å².